The molecule has 1 saturated heterocycles. The third kappa shape index (κ3) is 13.4. The number of benzene rings is 1. The molecule has 4 nitrogen and oxygen atoms in total. The molecule has 1 heterocycles. The minimum absolute atomic E-state index is 0.0112. The van der Waals surface area contributed by atoms with Gasteiger partial charge in [-0.05, 0) is 31.9 Å². The van der Waals surface area contributed by atoms with Crippen LogP contribution in [0.5, 0.6) is 0 Å². The smallest absolute Gasteiger partial charge is 0.243 e. The molecule has 0 N–H and O–H groups in total. The van der Waals surface area contributed by atoms with Gasteiger partial charge in [0.05, 0.1) is 17.1 Å². The zero-order chi connectivity index (χ0) is 27.5. The van der Waals surface area contributed by atoms with Crippen LogP contribution in [0, 0.1) is 6.92 Å². The van der Waals surface area contributed by atoms with E-state index in [1.54, 1.807) is 16.4 Å². The fourth-order valence-electron chi connectivity index (χ4n) is 5.63. The van der Waals surface area contributed by atoms with Crippen molar-refractivity contribution in [1.29, 1.82) is 0 Å². The van der Waals surface area contributed by atoms with Crippen LogP contribution in [0.2, 0.25) is 0 Å². The van der Waals surface area contributed by atoms with Crippen LogP contribution in [0.4, 0.5) is 0 Å². The molecule has 5 heteroatoms. The largest absolute Gasteiger partial charge is 0.372 e. The Morgan fingerprint density at radius 3 is 1.39 bits per heavy atom. The van der Waals surface area contributed by atoms with Gasteiger partial charge in [-0.2, -0.15) is 4.31 Å². The quantitative estimate of drug-likeness (QED) is 0.135. The van der Waals surface area contributed by atoms with E-state index in [2.05, 4.69) is 13.8 Å². The van der Waals surface area contributed by atoms with Gasteiger partial charge < -0.3 is 4.74 Å². The average Bonchev–Trinajstić information content (AvgIpc) is 2.91. The van der Waals surface area contributed by atoms with Crippen LogP contribution in [0.15, 0.2) is 29.2 Å². The van der Waals surface area contributed by atoms with E-state index in [-0.39, 0.29) is 12.2 Å². The van der Waals surface area contributed by atoms with Gasteiger partial charge in [-0.25, -0.2) is 8.42 Å². The Morgan fingerprint density at radius 1 is 0.632 bits per heavy atom. The van der Waals surface area contributed by atoms with Crippen molar-refractivity contribution < 1.29 is 13.2 Å². The minimum Gasteiger partial charge on any atom is -0.372 e. The molecule has 0 radical (unpaired) electrons. The van der Waals surface area contributed by atoms with E-state index in [1.807, 2.05) is 19.1 Å². The van der Waals surface area contributed by atoms with Crippen LogP contribution in [0.1, 0.15) is 148 Å². The maximum Gasteiger partial charge on any atom is 0.243 e. The summed E-state index contributed by atoms with van der Waals surface area (Å²) in [5, 5.41) is 0. The summed E-state index contributed by atoms with van der Waals surface area (Å²) in [5.74, 6) is 0. The van der Waals surface area contributed by atoms with Crippen LogP contribution < -0.4 is 0 Å². The first-order chi connectivity index (χ1) is 18.5. The molecule has 0 saturated carbocycles. The highest BCUT2D eigenvalue weighted by Gasteiger charge is 2.35. The van der Waals surface area contributed by atoms with Crippen LogP contribution in [0.25, 0.3) is 0 Å². The van der Waals surface area contributed by atoms with Gasteiger partial charge in [-0.1, -0.05) is 147 Å². The lowest BCUT2D eigenvalue weighted by atomic mass is 10.0. The van der Waals surface area contributed by atoms with Gasteiger partial charge in [0, 0.05) is 13.1 Å². The first kappa shape index (κ1) is 33.3. The SMILES string of the molecule is CCCCCCCCCCC[C@@H]1CN(S(=O)(=O)c2ccc(C)cc2)C[C@H](CCCCCCCCCCC)O1. The van der Waals surface area contributed by atoms with Crippen LogP contribution in [0.3, 0.4) is 0 Å². The van der Waals surface area contributed by atoms with Crippen LogP contribution in [-0.4, -0.2) is 38.0 Å². The molecule has 1 aliphatic rings. The number of hydrogen-bond donors (Lipinski definition) is 0. The van der Waals surface area contributed by atoms with Gasteiger partial charge in [-0.3, -0.25) is 0 Å². The number of aryl methyl sites for hydroxylation is 1. The van der Waals surface area contributed by atoms with Crippen molar-refractivity contribution in [2.45, 2.75) is 166 Å². The van der Waals surface area contributed by atoms with E-state index in [9.17, 15) is 8.42 Å². The molecule has 220 valence electrons. The fraction of sp³-hybridized carbons (Fsp3) is 0.818. The summed E-state index contributed by atoms with van der Waals surface area (Å²) in [6.07, 6.45) is 25.4. The fourth-order valence-corrected chi connectivity index (χ4v) is 7.13. The monoisotopic (exact) mass is 549 g/mol. The summed E-state index contributed by atoms with van der Waals surface area (Å²) in [6, 6.07) is 7.30. The first-order valence-corrected chi connectivity index (χ1v) is 17.6. The zero-order valence-electron chi connectivity index (χ0n) is 25.1. The highest BCUT2D eigenvalue weighted by atomic mass is 32.2. The molecule has 1 aromatic carbocycles. The van der Waals surface area contributed by atoms with Crippen molar-refractivity contribution in [2.24, 2.45) is 0 Å². The molecule has 1 aromatic rings. The molecule has 1 aliphatic heterocycles. The predicted octanol–water partition coefficient (Wildman–Crippen LogP) is 9.59. The van der Waals surface area contributed by atoms with E-state index in [0.717, 1.165) is 31.2 Å². The number of morpholine rings is 1. The summed E-state index contributed by atoms with van der Waals surface area (Å²) >= 11 is 0. The average molecular weight is 550 g/mol. The summed E-state index contributed by atoms with van der Waals surface area (Å²) in [6.45, 7) is 7.50. The van der Waals surface area contributed by atoms with Crippen LogP contribution in [-0.2, 0) is 14.8 Å². The van der Waals surface area contributed by atoms with Gasteiger partial charge in [0.1, 0.15) is 0 Å². The van der Waals surface area contributed by atoms with E-state index < -0.39 is 10.0 Å². The standard InChI is InChI=1S/C33H59NO3S/c1-4-6-8-10-12-14-16-18-20-22-31-28-34(38(35,36)33-26-24-30(3)25-27-33)29-32(37-31)23-21-19-17-15-13-11-9-7-5-2/h24-27,31-32H,4-23,28-29H2,1-3H3/t31-,32+. The highest BCUT2D eigenvalue weighted by Crippen LogP contribution is 2.26. The van der Waals surface area contributed by atoms with Crippen molar-refractivity contribution in [3.8, 4) is 0 Å². The lowest BCUT2D eigenvalue weighted by Crippen LogP contribution is -2.49. The number of rotatable bonds is 22. The van der Waals surface area contributed by atoms with Gasteiger partial charge in [-0.15, -0.1) is 0 Å². The molecule has 38 heavy (non-hydrogen) atoms. The molecule has 2 rings (SSSR count). The molecule has 0 aliphatic carbocycles. The predicted molar refractivity (Wildman–Crippen MR) is 162 cm³/mol. The van der Waals surface area contributed by atoms with Crippen molar-refractivity contribution in [3.63, 3.8) is 0 Å². The maximum atomic E-state index is 13.5. The Balaban J connectivity index is 1.81. The second-order valence-electron chi connectivity index (χ2n) is 11.7. The molecule has 0 amide bonds. The lowest BCUT2D eigenvalue weighted by Gasteiger charge is -2.37. The van der Waals surface area contributed by atoms with E-state index >= 15 is 0 Å². The molecule has 0 spiro atoms. The second kappa shape index (κ2) is 20.0. The first-order valence-electron chi connectivity index (χ1n) is 16.2. The summed E-state index contributed by atoms with van der Waals surface area (Å²) in [5.41, 5.74) is 1.08. The summed E-state index contributed by atoms with van der Waals surface area (Å²) in [4.78, 5) is 0.411. The molecule has 0 aromatic heterocycles. The van der Waals surface area contributed by atoms with E-state index in [4.69, 9.17) is 4.74 Å². The molecule has 1 fully saturated rings. The Morgan fingerprint density at radius 2 is 1.00 bits per heavy atom. The number of sulfonamides is 1. The molecule has 0 bridgehead atoms. The minimum atomic E-state index is -3.49. The Bertz CT molecular complexity index is 778. The Kier molecular flexibility index (Phi) is 17.6. The number of hydrogen-bond acceptors (Lipinski definition) is 3. The van der Waals surface area contributed by atoms with Crippen molar-refractivity contribution in [2.75, 3.05) is 13.1 Å². The van der Waals surface area contributed by atoms with Gasteiger partial charge in [0.25, 0.3) is 0 Å². The van der Waals surface area contributed by atoms with Crippen LogP contribution >= 0.6 is 0 Å². The number of nitrogens with zero attached hydrogens (tertiary/aromatic N) is 1. The second-order valence-corrected chi connectivity index (χ2v) is 13.7. The molecular weight excluding hydrogens is 490 g/mol. The molecule has 0 unspecified atom stereocenters. The van der Waals surface area contributed by atoms with Crippen molar-refractivity contribution >= 4 is 10.0 Å². The van der Waals surface area contributed by atoms with Gasteiger partial charge in [0.15, 0.2) is 0 Å². The normalized spacial score (nSPS) is 18.7. The van der Waals surface area contributed by atoms with Gasteiger partial charge >= 0.3 is 0 Å². The maximum absolute atomic E-state index is 13.5. The Labute approximate surface area is 236 Å². The number of ether oxygens (including phenoxy) is 1. The topological polar surface area (TPSA) is 46.6 Å². The Hall–Kier alpha value is -0.910. The third-order valence-electron chi connectivity index (χ3n) is 8.12. The number of unbranched alkanes of at least 4 members (excludes halogenated alkanes) is 16. The zero-order valence-corrected chi connectivity index (χ0v) is 25.9. The molecular formula is C33H59NO3S. The van der Waals surface area contributed by atoms with E-state index in [1.165, 1.54) is 103 Å². The third-order valence-corrected chi connectivity index (χ3v) is 9.96. The highest BCUT2D eigenvalue weighted by molar-refractivity contribution is 7.89. The van der Waals surface area contributed by atoms with E-state index in [0.29, 0.717) is 18.0 Å². The van der Waals surface area contributed by atoms with Gasteiger partial charge in [0.2, 0.25) is 10.0 Å². The lowest BCUT2D eigenvalue weighted by molar-refractivity contribution is -0.0706. The summed E-state index contributed by atoms with van der Waals surface area (Å²) in [7, 11) is -3.49. The van der Waals surface area contributed by atoms with Crippen molar-refractivity contribution in [1.82, 2.24) is 4.31 Å². The molecule has 2 atom stereocenters. The summed E-state index contributed by atoms with van der Waals surface area (Å²) < 4.78 is 35.2. The van der Waals surface area contributed by atoms with Crippen molar-refractivity contribution in [3.05, 3.63) is 29.8 Å².